The summed E-state index contributed by atoms with van der Waals surface area (Å²) >= 11 is 0. The van der Waals surface area contributed by atoms with Crippen molar-refractivity contribution in [3.05, 3.63) is 88.7 Å². The Morgan fingerprint density at radius 2 is 1.84 bits per heavy atom. The summed E-state index contributed by atoms with van der Waals surface area (Å²) in [5, 5.41) is 7.43. The smallest absolute Gasteiger partial charge is 0.255 e. The Morgan fingerprint density at radius 3 is 2.56 bits per heavy atom. The zero-order valence-corrected chi connectivity index (χ0v) is 14.7. The molecule has 1 N–H and O–H groups in total. The van der Waals surface area contributed by atoms with Gasteiger partial charge in [-0.05, 0) is 24.5 Å². The fourth-order valence-corrected chi connectivity index (χ4v) is 2.97. The first-order valence-corrected chi connectivity index (χ1v) is 8.59. The highest BCUT2D eigenvalue weighted by molar-refractivity contribution is 5.95. The standard InChI is InChI=1S/C21H23N3O/c1-3-20-19(14-23-24(20)15-17-9-5-4-6-10-17)21(25)22-13-18-11-7-8-16(2)12-18/h4-12,14H,3,13,15H2,1-2H3,(H,22,25). The van der Waals surface area contributed by atoms with Gasteiger partial charge in [0.25, 0.3) is 5.91 Å². The van der Waals surface area contributed by atoms with E-state index < -0.39 is 0 Å². The Balaban J connectivity index is 1.72. The van der Waals surface area contributed by atoms with Crippen LogP contribution in [0.1, 0.15) is 39.7 Å². The predicted molar refractivity (Wildman–Crippen MR) is 99.5 cm³/mol. The minimum absolute atomic E-state index is 0.0716. The van der Waals surface area contributed by atoms with Crippen molar-refractivity contribution in [1.82, 2.24) is 15.1 Å². The third-order valence-corrected chi connectivity index (χ3v) is 4.24. The molecule has 1 aromatic heterocycles. The van der Waals surface area contributed by atoms with E-state index in [0.717, 1.165) is 17.7 Å². The van der Waals surface area contributed by atoms with E-state index in [1.807, 2.05) is 48.0 Å². The van der Waals surface area contributed by atoms with Crippen LogP contribution in [0.4, 0.5) is 0 Å². The number of hydrogen-bond acceptors (Lipinski definition) is 2. The molecule has 0 radical (unpaired) electrons. The topological polar surface area (TPSA) is 46.9 Å². The predicted octanol–water partition coefficient (Wildman–Crippen LogP) is 3.73. The van der Waals surface area contributed by atoms with Gasteiger partial charge >= 0.3 is 0 Å². The summed E-state index contributed by atoms with van der Waals surface area (Å²) in [6, 6.07) is 18.3. The minimum Gasteiger partial charge on any atom is -0.348 e. The van der Waals surface area contributed by atoms with Crippen molar-refractivity contribution in [2.75, 3.05) is 0 Å². The van der Waals surface area contributed by atoms with Gasteiger partial charge in [0.05, 0.1) is 24.0 Å². The Bertz CT molecular complexity index is 853. The molecule has 0 saturated heterocycles. The van der Waals surface area contributed by atoms with Crippen molar-refractivity contribution in [1.29, 1.82) is 0 Å². The van der Waals surface area contributed by atoms with Gasteiger partial charge in [-0.2, -0.15) is 5.10 Å². The molecule has 0 saturated carbocycles. The Labute approximate surface area is 148 Å². The molecule has 4 nitrogen and oxygen atoms in total. The average molecular weight is 333 g/mol. The van der Waals surface area contributed by atoms with Crippen LogP contribution in [-0.4, -0.2) is 15.7 Å². The van der Waals surface area contributed by atoms with E-state index in [4.69, 9.17) is 0 Å². The lowest BCUT2D eigenvalue weighted by molar-refractivity contribution is 0.0950. The van der Waals surface area contributed by atoms with E-state index in [0.29, 0.717) is 18.7 Å². The van der Waals surface area contributed by atoms with E-state index >= 15 is 0 Å². The maximum Gasteiger partial charge on any atom is 0.255 e. The molecule has 0 aliphatic rings. The van der Waals surface area contributed by atoms with Gasteiger partial charge in [-0.15, -0.1) is 0 Å². The highest BCUT2D eigenvalue weighted by atomic mass is 16.1. The van der Waals surface area contributed by atoms with E-state index in [2.05, 4.69) is 35.5 Å². The molecule has 0 unspecified atom stereocenters. The summed E-state index contributed by atoms with van der Waals surface area (Å²) < 4.78 is 1.91. The van der Waals surface area contributed by atoms with Crippen LogP contribution < -0.4 is 5.32 Å². The summed E-state index contributed by atoms with van der Waals surface area (Å²) in [6.07, 6.45) is 2.44. The molecule has 0 aliphatic heterocycles. The average Bonchev–Trinajstić information content (AvgIpc) is 3.03. The van der Waals surface area contributed by atoms with Gasteiger partial charge in [0, 0.05) is 6.54 Å². The zero-order chi connectivity index (χ0) is 17.6. The Kier molecular flexibility index (Phi) is 5.29. The van der Waals surface area contributed by atoms with Crippen LogP contribution in [0.15, 0.2) is 60.8 Å². The fourth-order valence-electron chi connectivity index (χ4n) is 2.97. The molecule has 1 amide bonds. The van der Waals surface area contributed by atoms with Gasteiger partial charge in [0.1, 0.15) is 0 Å². The van der Waals surface area contributed by atoms with Crippen LogP contribution >= 0.6 is 0 Å². The second kappa shape index (κ2) is 7.79. The van der Waals surface area contributed by atoms with E-state index in [1.54, 1.807) is 6.20 Å². The summed E-state index contributed by atoms with van der Waals surface area (Å²) in [5.41, 5.74) is 5.09. The third kappa shape index (κ3) is 4.15. The van der Waals surface area contributed by atoms with Crippen molar-refractivity contribution >= 4 is 5.91 Å². The lowest BCUT2D eigenvalue weighted by Gasteiger charge is -2.09. The molecule has 128 valence electrons. The normalized spacial score (nSPS) is 10.6. The number of amides is 1. The lowest BCUT2D eigenvalue weighted by atomic mass is 10.1. The second-order valence-corrected chi connectivity index (χ2v) is 6.17. The monoisotopic (exact) mass is 333 g/mol. The van der Waals surface area contributed by atoms with Crippen molar-refractivity contribution in [2.45, 2.75) is 33.4 Å². The summed E-state index contributed by atoms with van der Waals surface area (Å²) in [5.74, 6) is -0.0716. The van der Waals surface area contributed by atoms with Crippen LogP contribution in [-0.2, 0) is 19.5 Å². The van der Waals surface area contributed by atoms with Gasteiger partial charge in [-0.3, -0.25) is 9.48 Å². The molecule has 0 spiro atoms. The van der Waals surface area contributed by atoms with Crippen LogP contribution in [0.3, 0.4) is 0 Å². The largest absolute Gasteiger partial charge is 0.348 e. The van der Waals surface area contributed by atoms with Gasteiger partial charge < -0.3 is 5.32 Å². The van der Waals surface area contributed by atoms with E-state index in [9.17, 15) is 4.79 Å². The van der Waals surface area contributed by atoms with Crippen molar-refractivity contribution < 1.29 is 4.79 Å². The number of nitrogens with one attached hydrogen (secondary N) is 1. The van der Waals surface area contributed by atoms with Crippen molar-refractivity contribution in [2.24, 2.45) is 0 Å². The summed E-state index contributed by atoms with van der Waals surface area (Å²) in [4.78, 5) is 12.6. The molecule has 1 heterocycles. The molecule has 2 aromatic carbocycles. The zero-order valence-electron chi connectivity index (χ0n) is 14.7. The highest BCUT2D eigenvalue weighted by Gasteiger charge is 2.16. The molecule has 25 heavy (non-hydrogen) atoms. The van der Waals surface area contributed by atoms with Gasteiger partial charge in [-0.25, -0.2) is 0 Å². The van der Waals surface area contributed by atoms with E-state index in [-0.39, 0.29) is 5.91 Å². The van der Waals surface area contributed by atoms with Crippen LogP contribution in [0.5, 0.6) is 0 Å². The number of carbonyl (C=O) groups excluding carboxylic acids is 1. The molecule has 4 heteroatoms. The number of aryl methyl sites for hydroxylation is 1. The molecule has 3 aromatic rings. The first kappa shape index (κ1) is 17.0. The maximum atomic E-state index is 12.6. The summed E-state index contributed by atoms with van der Waals surface area (Å²) in [7, 11) is 0. The Morgan fingerprint density at radius 1 is 1.08 bits per heavy atom. The molecule has 0 fully saturated rings. The number of rotatable bonds is 6. The minimum atomic E-state index is -0.0716. The summed E-state index contributed by atoms with van der Waals surface area (Å²) in [6.45, 7) is 5.30. The molecule has 3 rings (SSSR count). The number of nitrogens with zero attached hydrogens (tertiary/aromatic N) is 2. The Hall–Kier alpha value is -2.88. The SMILES string of the molecule is CCc1c(C(=O)NCc2cccc(C)c2)cnn1Cc1ccccc1. The molecule has 0 aliphatic carbocycles. The number of carbonyl (C=O) groups is 1. The molecule has 0 atom stereocenters. The maximum absolute atomic E-state index is 12.6. The number of hydrogen-bond donors (Lipinski definition) is 1. The van der Waals surface area contributed by atoms with Crippen LogP contribution in [0.25, 0.3) is 0 Å². The first-order valence-electron chi connectivity index (χ1n) is 8.59. The fraction of sp³-hybridized carbons (Fsp3) is 0.238. The van der Waals surface area contributed by atoms with Crippen LogP contribution in [0, 0.1) is 6.92 Å². The molecular formula is C21H23N3O. The van der Waals surface area contributed by atoms with Crippen LogP contribution in [0.2, 0.25) is 0 Å². The molecule has 0 bridgehead atoms. The lowest BCUT2D eigenvalue weighted by Crippen LogP contribution is -2.24. The van der Waals surface area contributed by atoms with Gasteiger partial charge in [0.2, 0.25) is 0 Å². The van der Waals surface area contributed by atoms with Crippen molar-refractivity contribution in [3.8, 4) is 0 Å². The van der Waals surface area contributed by atoms with Gasteiger partial charge in [0.15, 0.2) is 0 Å². The second-order valence-electron chi connectivity index (χ2n) is 6.17. The number of aromatic nitrogens is 2. The quantitative estimate of drug-likeness (QED) is 0.747. The van der Waals surface area contributed by atoms with Gasteiger partial charge in [-0.1, -0.05) is 67.1 Å². The molecular weight excluding hydrogens is 310 g/mol. The van der Waals surface area contributed by atoms with Crippen molar-refractivity contribution in [3.63, 3.8) is 0 Å². The first-order chi connectivity index (χ1) is 12.2. The van der Waals surface area contributed by atoms with E-state index in [1.165, 1.54) is 11.1 Å². The number of benzene rings is 2. The highest BCUT2D eigenvalue weighted by Crippen LogP contribution is 2.13. The third-order valence-electron chi connectivity index (χ3n) is 4.24.